The molecule has 0 aromatic carbocycles. The zero-order valence-corrected chi connectivity index (χ0v) is 10.4. The topological polar surface area (TPSA) is 42.2 Å². The summed E-state index contributed by atoms with van der Waals surface area (Å²) in [5.74, 6) is 0. The Balaban J connectivity index is 3.15. The van der Waals surface area contributed by atoms with Crippen molar-refractivity contribution in [1.29, 1.82) is 0 Å². The van der Waals surface area contributed by atoms with Crippen molar-refractivity contribution in [2.45, 2.75) is 33.4 Å². The maximum absolute atomic E-state index is 5.74. The Labute approximate surface area is 98.0 Å². The zero-order valence-electron chi connectivity index (χ0n) is 10.4. The van der Waals surface area contributed by atoms with Gasteiger partial charge in [0.1, 0.15) is 0 Å². The lowest BCUT2D eigenvalue weighted by molar-refractivity contribution is 0.717. The third-order valence-corrected chi connectivity index (χ3v) is 2.58. The number of anilines is 1. The molecular weight excluding hydrogens is 198 g/mol. The quantitative estimate of drug-likeness (QED) is 0.772. The summed E-state index contributed by atoms with van der Waals surface area (Å²) < 4.78 is 0. The van der Waals surface area contributed by atoms with Crippen LogP contribution in [0.15, 0.2) is 24.9 Å². The first kappa shape index (κ1) is 12.7. The van der Waals surface area contributed by atoms with E-state index in [1.165, 1.54) is 5.69 Å². The second-order valence-electron chi connectivity index (χ2n) is 4.19. The van der Waals surface area contributed by atoms with Gasteiger partial charge in [0.15, 0.2) is 0 Å². The van der Waals surface area contributed by atoms with E-state index in [0.29, 0.717) is 12.6 Å². The molecule has 0 amide bonds. The lowest BCUT2D eigenvalue weighted by Gasteiger charge is -2.29. The van der Waals surface area contributed by atoms with Crippen LogP contribution < -0.4 is 10.6 Å². The monoisotopic (exact) mass is 219 g/mol. The molecule has 0 unspecified atom stereocenters. The van der Waals surface area contributed by atoms with Crippen LogP contribution in [0.1, 0.15) is 25.1 Å². The van der Waals surface area contributed by atoms with E-state index < -0.39 is 0 Å². The van der Waals surface area contributed by atoms with E-state index in [-0.39, 0.29) is 0 Å². The molecule has 0 aliphatic carbocycles. The fourth-order valence-electron chi connectivity index (χ4n) is 1.72. The Kier molecular flexibility index (Phi) is 4.50. The van der Waals surface area contributed by atoms with Gasteiger partial charge in [-0.05, 0) is 26.8 Å². The molecule has 88 valence electrons. The maximum atomic E-state index is 5.74. The number of aryl methyl sites for hydroxylation is 1. The van der Waals surface area contributed by atoms with Crippen LogP contribution in [0.5, 0.6) is 0 Å². The van der Waals surface area contributed by atoms with Crippen LogP contribution in [0.2, 0.25) is 0 Å². The minimum absolute atomic E-state index is 0.421. The third-order valence-electron chi connectivity index (χ3n) is 2.58. The second-order valence-corrected chi connectivity index (χ2v) is 4.19. The normalized spacial score (nSPS) is 10.6. The Morgan fingerprint density at radius 1 is 1.56 bits per heavy atom. The fourth-order valence-corrected chi connectivity index (χ4v) is 1.72. The number of pyridine rings is 1. The van der Waals surface area contributed by atoms with Crippen molar-refractivity contribution in [3.63, 3.8) is 0 Å². The van der Waals surface area contributed by atoms with E-state index >= 15 is 0 Å². The van der Waals surface area contributed by atoms with Crippen LogP contribution in [-0.4, -0.2) is 17.6 Å². The molecule has 0 aliphatic rings. The van der Waals surface area contributed by atoms with E-state index in [2.05, 4.69) is 36.4 Å². The van der Waals surface area contributed by atoms with Gasteiger partial charge < -0.3 is 10.6 Å². The Hall–Kier alpha value is -1.35. The smallest absolute Gasteiger partial charge is 0.0450 e. The number of aromatic nitrogens is 1. The summed E-state index contributed by atoms with van der Waals surface area (Å²) >= 11 is 0. The van der Waals surface area contributed by atoms with Crippen LogP contribution in [0.25, 0.3) is 0 Å². The molecule has 0 bridgehead atoms. The predicted octanol–water partition coefficient (Wildman–Crippen LogP) is 2.25. The molecule has 1 aromatic heterocycles. The van der Waals surface area contributed by atoms with Gasteiger partial charge in [-0.1, -0.05) is 6.08 Å². The van der Waals surface area contributed by atoms with Gasteiger partial charge in [-0.15, -0.1) is 6.58 Å². The van der Waals surface area contributed by atoms with Gasteiger partial charge in [0.05, 0.1) is 0 Å². The molecule has 0 atom stereocenters. The highest BCUT2D eigenvalue weighted by Gasteiger charge is 2.13. The molecule has 1 aromatic rings. The Bertz CT molecular complexity index is 358. The van der Waals surface area contributed by atoms with Gasteiger partial charge in [-0.3, -0.25) is 4.98 Å². The highest BCUT2D eigenvalue weighted by Crippen LogP contribution is 2.22. The molecule has 0 saturated carbocycles. The lowest BCUT2D eigenvalue weighted by atomic mass is 10.1. The van der Waals surface area contributed by atoms with Crippen molar-refractivity contribution in [3.05, 3.63) is 36.2 Å². The lowest BCUT2D eigenvalue weighted by Crippen LogP contribution is -2.32. The molecule has 1 heterocycles. The molecule has 0 saturated heterocycles. The standard InChI is InChI=1S/C13H21N3/c1-5-6-16(10(2)3)13-7-11(4)15-9-12(13)8-14/h5,7,9-10H,1,6,8,14H2,2-4H3. The van der Waals surface area contributed by atoms with Gasteiger partial charge in [0.25, 0.3) is 0 Å². The molecule has 3 nitrogen and oxygen atoms in total. The van der Waals surface area contributed by atoms with E-state index in [4.69, 9.17) is 5.73 Å². The largest absolute Gasteiger partial charge is 0.365 e. The first-order valence-electron chi connectivity index (χ1n) is 5.63. The minimum atomic E-state index is 0.421. The molecule has 0 fully saturated rings. The van der Waals surface area contributed by atoms with Crippen molar-refractivity contribution < 1.29 is 0 Å². The number of nitrogens with zero attached hydrogens (tertiary/aromatic N) is 2. The van der Waals surface area contributed by atoms with Gasteiger partial charge in [0.2, 0.25) is 0 Å². The van der Waals surface area contributed by atoms with Crippen LogP contribution in [-0.2, 0) is 6.54 Å². The number of rotatable bonds is 5. The molecule has 0 aliphatic heterocycles. The van der Waals surface area contributed by atoms with E-state index in [9.17, 15) is 0 Å². The zero-order chi connectivity index (χ0) is 12.1. The second kappa shape index (κ2) is 5.66. The summed E-state index contributed by atoms with van der Waals surface area (Å²) in [5, 5.41) is 0. The summed E-state index contributed by atoms with van der Waals surface area (Å²) in [4.78, 5) is 6.56. The van der Waals surface area contributed by atoms with E-state index in [1.807, 2.05) is 19.2 Å². The molecule has 2 N–H and O–H groups in total. The van der Waals surface area contributed by atoms with Gasteiger partial charge in [-0.2, -0.15) is 0 Å². The van der Waals surface area contributed by atoms with Crippen molar-refractivity contribution in [2.75, 3.05) is 11.4 Å². The molecule has 16 heavy (non-hydrogen) atoms. The molecule has 0 radical (unpaired) electrons. The Morgan fingerprint density at radius 3 is 2.75 bits per heavy atom. The van der Waals surface area contributed by atoms with E-state index in [0.717, 1.165) is 17.8 Å². The SMILES string of the molecule is C=CCN(c1cc(C)ncc1CN)C(C)C. The first-order chi connectivity index (χ1) is 7.60. The molecule has 0 spiro atoms. The Morgan fingerprint density at radius 2 is 2.25 bits per heavy atom. The van der Waals surface area contributed by atoms with Gasteiger partial charge in [0, 0.05) is 42.3 Å². The summed E-state index contributed by atoms with van der Waals surface area (Å²) in [6.45, 7) is 11.5. The average Bonchev–Trinajstić information content (AvgIpc) is 2.25. The number of hydrogen-bond donors (Lipinski definition) is 1. The van der Waals surface area contributed by atoms with Crippen molar-refractivity contribution in [1.82, 2.24) is 4.98 Å². The average molecular weight is 219 g/mol. The van der Waals surface area contributed by atoms with Crippen LogP contribution in [0.4, 0.5) is 5.69 Å². The summed E-state index contributed by atoms with van der Waals surface area (Å²) in [7, 11) is 0. The van der Waals surface area contributed by atoms with Crippen LogP contribution >= 0.6 is 0 Å². The van der Waals surface area contributed by atoms with Crippen molar-refractivity contribution in [2.24, 2.45) is 5.73 Å². The summed E-state index contributed by atoms with van der Waals surface area (Å²) in [6.07, 6.45) is 3.78. The van der Waals surface area contributed by atoms with E-state index in [1.54, 1.807) is 0 Å². The van der Waals surface area contributed by atoms with Gasteiger partial charge >= 0.3 is 0 Å². The van der Waals surface area contributed by atoms with Gasteiger partial charge in [-0.25, -0.2) is 0 Å². The fraction of sp³-hybridized carbons (Fsp3) is 0.462. The summed E-state index contributed by atoms with van der Waals surface area (Å²) in [6, 6.07) is 2.51. The highest BCUT2D eigenvalue weighted by atomic mass is 15.2. The van der Waals surface area contributed by atoms with Crippen LogP contribution in [0.3, 0.4) is 0 Å². The van der Waals surface area contributed by atoms with Crippen molar-refractivity contribution >= 4 is 5.69 Å². The maximum Gasteiger partial charge on any atom is 0.0450 e. The van der Waals surface area contributed by atoms with Crippen molar-refractivity contribution in [3.8, 4) is 0 Å². The summed E-state index contributed by atoms with van der Waals surface area (Å²) in [5.41, 5.74) is 9.01. The minimum Gasteiger partial charge on any atom is -0.365 e. The predicted molar refractivity (Wildman–Crippen MR) is 69.5 cm³/mol. The molecule has 1 rings (SSSR count). The molecule has 3 heteroatoms. The number of hydrogen-bond acceptors (Lipinski definition) is 3. The first-order valence-corrected chi connectivity index (χ1v) is 5.63. The molecular formula is C13H21N3. The third kappa shape index (κ3) is 2.83. The number of nitrogens with two attached hydrogens (primary N) is 1. The highest BCUT2D eigenvalue weighted by molar-refractivity contribution is 5.54. The van der Waals surface area contributed by atoms with Crippen LogP contribution in [0, 0.1) is 6.92 Å².